The second-order valence-corrected chi connectivity index (χ2v) is 19.4. The Balaban J connectivity index is 2.27. The number of unbranched alkanes of at least 4 members (excludes halogenated alkanes) is 1. The molecular formula is C48H73N13O14S3. The number of nitrogens with two attached hydrogens (primary N) is 4. The number of nitrogens with one attached hydrogen (secondary N) is 8. The van der Waals surface area contributed by atoms with E-state index in [4.69, 9.17) is 22.9 Å². The summed E-state index contributed by atoms with van der Waals surface area (Å²) in [4.78, 5) is 136. The first kappa shape index (κ1) is 67.1. The summed E-state index contributed by atoms with van der Waals surface area (Å²) in [5.74, 6) is -10.2. The van der Waals surface area contributed by atoms with Crippen LogP contribution in [0.25, 0.3) is 0 Å². The molecule has 0 bridgehead atoms. The molecule has 0 aliphatic rings. The number of carboxylic acid groups (broad SMARTS) is 2. The molecule has 432 valence electrons. The summed E-state index contributed by atoms with van der Waals surface area (Å²) in [7, 11) is 0. The number of phenols is 2. The van der Waals surface area contributed by atoms with E-state index in [9.17, 15) is 68.4 Å². The minimum Gasteiger partial charge on any atom is -0.508 e. The molecule has 0 aromatic heterocycles. The molecule has 0 aliphatic heterocycles. The largest absolute Gasteiger partial charge is 0.508 e. The molecule has 8 atom stereocenters. The van der Waals surface area contributed by atoms with Crippen LogP contribution in [0.5, 0.6) is 11.5 Å². The first-order valence-corrected chi connectivity index (χ1v) is 27.3. The molecule has 0 aliphatic carbocycles. The number of amides is 8. The van der Waals surface area contributed by atoms with Crippen molar-refractivity contribution in [3.63, 3.8) is 0 Å². The zero-order valence-electron chi connectivity index (χ0n) is 43.0. The lowest BCUT2D eigenvalue weighted by atomic mass is 10.0. The van der Waals surface area contributed by atoms with Crippen molar-refractivity contribution < 1.29 is 68.4 Å². The van der Waals surface area contributed by atoms with Gasteiger partial charge in [-0.15, -0.1) is 0 Å². The van der Waals surface area contributed by atoms with Gasteiger partial charge in [0.15, 0.2) is 5.96 Å². The summed E-state index contributed by atoms with van der Waals surface area (Å²) in [6.45, 7) is -0.494. The molecule has 20 N–H and O–H groups in total. The molecule has 2 aromatic carbocycles. The molecule has 0 unspecified atom stereocenters. The number of thiol groups is 2. The van der Waals surface area contributed by atoms with Crippen molar-refractivity contribution >= 4 is 102 Å². The Hall–Kier alpha value is -7.02. The summed E-state index contributed by atoms with van der Waals surface area (Å²) < 4.78 is 0. The van der Waals surface area contributed by atoms with E-state index in [1.807, 2.05) is 0 Å². The number of benzene rings is 2. The molecule has 0 saturated carbocycles. The summed E-state index contributed by atoms with van der Waals surface area (Å²) >= 11 is 9.62. The molecule has 8 amide bonds. The van der Waals surface area contributed by atoms with Crippen LogP contribution in [0.2, 0.25) is 0 Å². The van der Waals surface area contributed by atoms with Gasteiger partial charge < -0.3 is 85.9 Å². The van der Waals surface area contributed by atoms with Gasteiger partial charge in [-0.05, 0) is 105 Å². The van der Waals surface area contributed by atoms with Crippen LogP contribution >= 0.6 is 37.0 Å². The van der Waals surface area contributed by atoms with E-state index in [1.165, 1.54) is 48.2 Å². The molecule has 0 spiro atoms. The Morgan fingerprint density at radius 3 is 1.46 bits per heavy atom. The maximum Gasteiger partial charge on any atom is 0.326 e. The number of guanidine groups is 1. The maximum absolute atomic E-state index is 14.1. The van der Waals surface area contributed by atoms with E-state index >= 15 is 0 Å². The van der Waals surface area contributed by atoms with Crippen molar-refractivity contribution in [2.75, 3.05) is 43.1 Å². The zero-order chi connectivity index (χ0) is 58.3. The number of rotatable bonds is 37. The van der Waals surface area contributed by atoms with E-state index in [2.05, 4.69) is 72.8 Å². The van der Waals surface area contributed by atoms with Gasteiger partial charge in [-0.25, -0.2) is 4.79 Å². The Kier molecular flexibility index (Phi) is 31.1. The van der Waals surface area contributed by atoms with Gasteiger partial charge in [-0.1, -0.05) is 24.3 Å². The second-order valence-electron chi connectivity index (χ2n) is 17.7. The number of carbonyl (C=O) groups excluding carboxylic acids is 8. The van der Waals surface area contributed by atoms with Crippen molar-refractivity contribution in [3.05, 3.63) is 59.7 Å². The van der Waals surface area contributed by atoms with Gasteiger partial charge in [0.1, 0.15) is 53.8 Å². The van der Waals surface area contributed by atoms with Gasteiger partial charge >= 0.3 is 11.9 Å². The molecule has 0 fully saturated rings. The molecule has 27 nitrogen and oxygen atoms in total. The fourth-order valence-electron chi connectivity index (χ4n) is 7.19. The third-order valence-electron chi connectivity index (χ3n) is 11.5. The molecule has 2 rings (SSSR count). The number of phenolic OH excluding ortho intramolecular Hbond substituents is 2. The predicted molar refractivity (Wildman–Crippen MR) is 296 cm³/mol. The Labute approximate surface area is 466 Å². The standard InChI is InChI=1S/C48H73N13O14S3/c1-78-20-17-34(41(68)54-23-38(64)55-36(24-76)45(72)60-35(47(74)75)22-27-9-13-29(63)14-10-27)59-44(71)33(15-16-39(65)66)58-42(69)31(5-2-3-18-49)56-43(70)32(6-4-19-53-48(51)52)57-46(73)37(25-77)61-40(67)30(50)21-26-7-11-28(62)12-8-26/h7-14,30-37,62-63,76-77H,2-6,15-25,49-50H2,1H3,(H,54,68)(H,55,64)(H,56,70)(H,57,73)(H,58,69)(H,59,71)(H,60,72)(H,61,67)(H,65,66)(H,74,75)(H4,51,52,53)/t30-,31-,32-,33-,34-,35-,36-,37-/m0/s1. The number of aromatic hydroxyl groups is 2. The number of thioether (sulfide) groups is 1. The Bertz CT molecular complexity index is 2350. The highest BCUT2D eigenvalue weighted by molar-refractivity contribution is 7.98. The maximum atomic E-state index is 14.1. The number of hydrogen-bond acceptors (Lipinski definition) is 18. The van der Waals surface area contributed by atoms with Crippen LogP contribution in [0, 0.1) is 0 Å². The molecule has 0 heterocycles. The van der Waals surface area contributed by atoms with Gasteiger partial charge in [0, 0.05) is 30.9 Å². The van der Waals surface area contributed by atoms with Crippen LogP contribution in [0.3, 0.4) is 0 Å². The fourth-order valence-corrected chi connectivity index (χ4v) is 8.17. The van der Waals surface area contributed by atoms with Gasteiger partial charge in [0.25, 0.3) is 0 Å². The lowest BCUT2D eigenvalue weighted by Gasteiger charge is -2.27. The molecule has 78 heavy (non-hydrogen) atoms. The minimum atomic E-state index is -1.61. The quantitative estimate of drug-likeness (QED) is 0.0135. The van der Waals surface area contributed by atoms with E-state index < -0.39 is 127 Å². The molecule has 30 heteroatoms. The molecule has 0 saturated heterocycles. The molecule has 2 aromatic rings. The highest BCUT2D eigenvalue weighted by atomic mass is 32.2. The first-order valence-electron chi connectivity index (χ1n) is 24.6. The SMILES string of the molecule is CSCC[C@H](NC(=O)[C@H](CCC(=O)O)NC(=O)[C@H](CCCCN)NC(=O)[C@H](CCCN=C(N)N)NC(=O)[C@H](CS)NC(=O)[C@@H](N)Cc1ccc(O)cc1)C(=O)NCC(=O)N[C@@H](CS)C(=O)N[C@@H](Cc1ccc(O)cc1)C(=O)O. The zero-order valence-corrected chi connectivity index (χ0v) is 45.6. The predicted octanol–water partition coefficient (Wildman–Crippen LogP) is -3.54. The molecule has 0 radical (unpaired) electrons. The third kappa shape index (κ3) is 25.9. The van der Waals surface area contributed by atoms with Gasteiger partial charge in [-0.2, -0.15) is 37.0 Å². The number of aliphatic carboxylic acids is 2. The normalized spacial score (nSPS) is 14.0. The summed E-state index contributed by atoms with van der Waals surface area (Å²) in [6.07, 6.45) is 1.13. The highest BCUT2D eigenvalue weighted by Crippen LogP contribution is 2.14. The monoisotopic (exact) mass is 1150 g/mol. The number of carbonyl (C=O) groups is 10. The Morgan fingerprint density at radius 1 is 0.564 bits per heavy atom. The topological polar surface area (TPSA) is 464 Å². The third-order valence-corrected chi connectivity index (χ3v) is 12.8. The van der Waals surface area contributed by atoms with E-state index in [-0.39, 0.29) is 87.0 Å². The van der Waals surface area contributed by atoms with E-state index in [0.717, 1.165) is 0 Å². The first-order chi connectivity index (χ1) is 37.0. The fraction of sp³-hybridized carbons (Fsp3) is 0.521. The van der Waals surface area contributed by atoms with Crippen LogP contribution in [-0.4, -0.2) is 177 Å². The highest BCUT2D eigenvalue weighted by Gasteiger charge is 2.34. The van der Waals surface area contributed by atoms with Crippen molar-refractivity contribution in [2.24, 2.45) is 27.9 Å². The van der Waals surface area contributed by atoms with Gasteiger partial charge in [-0.3, -0.25) is 48.1 Å². The van der Waals surface area contributed by atoms with Crippen LogP contribution in [-0.2, 0) is 60.8 Å². The van der Waals surface area contributed by atoms with Crippen LogP contribution in [0.4, 0.5) is 0 Å². The van der Waals surface area contributed by atoms with E-state index in [1.54, 1.807) is 18.4 Å². The van der Waals surface area contributed by atoms with Crippen LogP contribution in [0.1, 0.15) is 62.5 Å². The van der Waals surface area contributed by atoms with Crippen molar-refractivity contribution in [1.29, 1.82) is 0 Å². The Morgan fingerprint density at radius 2 is 1.00 bits per heavy atom. The van der Waals surface area contributed by atoms with Crippen molar-refractivity contribution in [3.8, 4) is 11.5 Å². The van der Waals surface area contributed by atoms with Crippen molar-refractivity contribution in [2.45, 2.75) is 113 Å². The average Bonchev–Trinajstić information content (AvgIpc) is 3.39. The smallest absolute Gasteiger partial charge is 0.326 e. The van der Waals surface area contributed by atoms with Crippen LogP contribution < -0.4 is 65.5 Å². The van der Waals surface area contributed by atoms with Crippen molar-refractivity contribution in [1.82, 2.24) is 42.5 Å². The number of carboxylic acids is 2. The lowest BCUT2D eigenvalue weighted by Crippen LogP contribution is -2.60. The number of hydrogen-bond donors (Lipinski definition) is 18. The summed E-state index contributed by atoms with van der Waals surface area (Å²) in [5, 5.41) is 58.2. The van der Waals surface area contributed by atoms with Gasteiger partial charge in [0.05, 0.1) is 12.6 Å². The lowest BCUT2D eigenvalue weighted by molar-refractivity contribution is -0.142. The molecular weight excluding hydrogens is 1080 g/mol. The number of nitrogens with zero attached hydrogens (tertiary/aromatic N) is 1. The van der Waals surface area contributed by atoms with Gasteiger partial charge in [0.2, 0.25) is 47.3 Å². The average molecular weight is 1150 g/mol. The summed E-state index contributed by atoms with van der Waals surface area (Å²) in [5.41, 5.74) is 23.9. The second kappa shape index (κ2) is 36.1. The summed E-state index contributed by atoms with van der Waals surface area (Å²) in [6, 6.07) is 0.685. The number of aliphatic imine (C=N–C) groups is 1. The minimum absolute atomic E-state index is 0.0115. The van der Waals surface area contributed by atoms with E-state index in [0.29, 0.717) is 23.3 Å². The van der Waals surface area contributed by atoms with Crippen LogP contribution in [0.15, 0.2) is 53.5 Å².